The number of thioether (sulfide) groups is 1. The summed E-state index contributed by atoms with van der Waals surface area (Å²) in [6.07, 6.45) is 1.99. The molecule has 0 aliphatic heterocycles. The molecule has 0 unspecified atom stereocenters. The minimum absolute atomic E-state index is 0.106. The number of carbonyl (C=O) groups is 2. The molecule has 5 nitrogen and oxygen atoms in total. The van der Waals surface area contributed by atoms with Crippen molar-refractivity contribution in [2.24, 2.45) is 0 Å². The number of carbonyl (C=O) groups excluding carboxylic acids is 2. The Hall–Kier alpha value is -1.69. The molecule has 0 radical (unpaired) electrons. The molecular weight excluding hydrogens is 262 g/mol. The van der Waals surface area contributed by atoms with Crippen LogP contribution in [0.5, 0.6) is 0 Å². The van der Waals surface area contributed by atoms with Crippen LogP contribution in [0.15, 0.2) is 23.1 Å². The summed E-state index contributed by atoms with van der Waals surface area (Å²) in [6.45, 7) is 4.20. The van der Waals surface area contributed by atoms with Crippen LogP contribution in [0.4, 0.5) is 10.5 Å². The summed E-state index contributed by atoms with van der Waals surface area (Å²) < 4.78 is 0. The van der Waals surface area contributed by atoms with Gasteiger partial charge in [0, 0.05) is 30.6 Å². The van der Waals surface area contributed by atoms with Gasteiger partial charge in [0.1, 0.15) is 0 Å². The molecule has 0 saturated carbocycles. The average molecular weight is 281 g/mol. The number of aryl methyl sites for hydroxylation is 1. The van der Waals surface area contributed by atoms with Gasteiger partial charge in [0.2, 0.25) is 5.91 Å². The van der Waals surface area contributed by atoms with E-state index in [0.29, 0.717) is 13.1 Å². The normalized spacial score (nSPS) is 9.84. The Bertz CT molecular complexity index is 463. The van der Waals surface area contributed by atoms with E-state index in [4.69, 9.17) is 0 Å². The van der Waals surface area contributed by atoms with Gasteiger partial charge in [0.25, 0.3) is 0 Å². The minimum atomic E-state index is -0.272. The quantitative estimate of drug-likeness (QED) is 0.571. The highest BCUT2D eigenvalue weighted by molar-refractivity contribution is 7.98. The molecule has 0 fully saturated rings. The van der Waals surface area contributed by atoms with E-state index in [2.05, 4.69) is 16.0 Å². The lowest BCUT2D eigenvalue weighted by molar-refractivity contribution is -0.118. The number of anilines is 1. The highest BCUT2D eigenvalue weighted by Crippen LogP contribution is 2.22. The van der Waals surface area contributed by atoms with Gasteiger partial charge in [-0.05, 0) is 30.9 Å². The van der Waals surface area contributed by atoms with Gasteiger partial charge < -0.3 is 16.0 Å². The third-order valence-electron chi connectivity index (χ3n) is 2.48. The number of urea groups is 1. The van der Waals surface area contributed by atoms with E-state index >= 15 is 0 Å². The molecule has 1 aromatic rings. The van der Waals surface area contributed by atoms with Crippen molar-refractivity contribution in [3.8, 4) is 0 Å². The van der Waals surface area contributed by atoms with Crippen LogP contribution in [0.1, 0.15) is 12.5 Å². The van der Waals surface area contributed by atoms with Crippen molar-refractivity contribution in [1.82, 2.24) is 10.6 Å². The molecule has 0 heterocycles. The Kier molecular flexibility index (Phi) is 6.21. The van der Waals surface area contributed by atoms with Gasteiger partial charge >= 0.3 is 6.03 Å². The summed E-state index contributed by atoms with van der Waals surface area (Å²) in [6, 6.07) is 5.65. The van der Waals surface area contributed by atoms with E-state index in [9.17, 15) is 9.59 Å². The number of hydrogen-bond donors (Lipinski definition) is 3. The molecule has 0 aliphatic rings. The molecule has 0 saturated heterocycles. The van der Waals surface area contributed by atoms with Crippen LogP contribution >= 0.6 is 11.8 Å². The van der Waals surface area contributed by atoms with Gasteiger partial charge in [-0.15, -0.1) is 11.8 Å². The fourth-order valence-electron chi connectivity index (χ4n) is 1.44. The Labute approximate surface area is 117 Å². The smallest absolute Gasteiger partial charge is 0.319 e. The first kappa shape index (κ1) is 15.4. The van der Waals surface area contributed by atoms with Gasteiger partial charge in [-0.2, -0.15) is 0 Å². The lowest BCUT2D eigenvalue weighted by Gasteiger charge is -2.11. The highest BCUT2D eigenvalue weighted by atomic mass is 32.2. The summed E-state index contributed by atoms with van der Waals surface area (Å²) >= 11 is 1.62. The highest BCUT2D eigenvalue weighted by Gasteiger charge is 2.04. The topological polar surface area (TPSA) is 70.2 Å². The molecule has 0 aliphatic carbocycles. The molecule has 104 valence electrons. The maximum absolute atomic E-state index is 11.7. The summed E-state index contributed by atoms with van der Waals surface area (Å²) in [5.41, 5.74) is 1.80. The second kappa shape index (κ2) is 7.68. The van der Waals surface area contributed by atoms with Crippen LogP contribution in [-0.4, -0.2) is 31.3 Å². The maximum Gasteiger partial charge on any atom is 0.319 e. The third-order valence-corrected chi connectivity index (χ3v) is 3.20. The molecule has 3 N–H and O–H groups in total. The number of nitrogens with one attached hydrogen (secondary N) is 3. The summed E-state index contributed by atoms with van der Waals surface area (Å²) in [7, 11) is 0. The zero-order valence-corrected chi connectivity index (χ0v) is 12.2. The molecule has 0 aromatic heterocycles. The summed E-state index contributed by atoms with van der Waals surface area (Å²) in [5.74, 6) is -0.106. The van der Waals surface area contributed by atoms with Gasteiger partial charge in [-0.3, -0.25) is 4.79 Å². The second-order valence-electron chi connectivity index (χ2n) is 4.04. The summed E-state index contributed by atoms with van der Waals surface area (Å²) in [5, 5.41) is 8.09. The molecule has 1 aromatic carbocycles. The lowest BCUT2D eigenvalue weighted by atomic mass is 10.2. The van der Waals surface area contributed by atoms with Gasteiger partial charge in [0.05, 0.1) is 0 Å². The largest absolute Gasteiger partial charge is 0.355 e. The zero-order chi connectivity index (χ0) is 14.3. The van der Waals surface area contributed by atoms with E-state index in [0.717, 1.165) is 16.1 Å². The van der Waals surface area contributed by atoms with Crippen LogP contribution in [0.25, 0.3) is 0 Å². The number of rotatable bonds is 5. The monoisotopic (exact) mass is 281 g/mol. The number of hydrogen-bond acceptors (Lipinski definition) is 3. The fraction of sp³-hybridized carbons (Fsp3) is 0.385. The van der Waals surface area contributed by atoms with E-state index in [-0.39, 0.29) is 11.9 Å². The molecule has 6 heteroatoms. The van der Waals surface area contributed by atoms with Crippen molar-refractivity contribution in [2.75, 3.05) is 24.7 Å². The van der Waals surface area contributed by atoms with Crippen molar-refractivity contribution >= 4 is 29.4 Å². The molecule has 0 atom stereocenters. The fourth-order valence-corrected chi connectivity index (χ4v) is 1.88. The lowest BCUT2D eigenvalue weighted by Crippen LogP contribution is -2.36. The molecular formula is C13H19N3O2S. The maximum atomic E-state index is 11.7. The van der Waals surface area contributed by atoms with Gasteiger partial charge in [0.15, 0.2) is 0 Å². The van der Waals surface area contributed by atoms with E-state index in [1.807, 2.05) is 31.4 Å². The SMILES string of the molecule is CSc1ccc(C)c(NC(=O)NCCNC(C)=O)c1. The van der Waals surface area contributed by atoms with Crippen molar-refractivity contribution < 1.29 is 9.59 Å². The Balaban J connectivity index is 2.45. The molecule has 0 bridgehead atoms. The Morgan fingerprint density at radius 1 is 1.21 bits per heavy atom. The van der Waals surface area contributed by atoms with E-state index in [1.54, 1.807) is 11.8 Å². The van der Waals surface area contributed by atoms with Gasteiger partial charge in [-0.25, -0.2) is 4.79 Å². The third kappa shape index (κ3) is 5.65. The second-order valence-corrected chi connectivity index (χ2v) is 4.92. The van der Waals surface area contributed by atoms with Crippen molar-refractivity contribution in [3.63, 3.8) is 0 Å². The first-order chi connectivity index (χ1) is 9.02. The van der Waals surface area contributed by atoms with Crippen LogP contribution in [0, 0.1) is 6.92 Å². The number of amides is 3. The zero-order valence-electron chi connectivity index (χ0n) is 11.4. The van der Waals surface area contributed by atoms with Crippen LogP contribution in [-0.2, 0) is 4.79 Å². The van der Waals surface area contributed by atoms with Crippen LogP contribution in [0.3, 0.4) is 0 Å². The minimum Gasteiger partial charge on any atom is -0.355 e. The first-order valence-corrected chi connectivity index (χ1v) is 7.19. The van der Waals surface area contributed by atoms with Crippen molar-refractivity contribution in [2.45, 2.75) is 18.7 Å². The molecule has 3 amide bonds. The van der Waals surface area contributed by atoms with Crippen LogP contribution < -0.4 is 16.0 Å². The Morgan fingerprint density at radius 2 is 1.89 bits per heavy atom. The van der Waals surface area contributed by atoms with Gasteiger partial charge in [-0.1, -0.05) is 6.07 Å². The molecule has 19 heavy (non-hydrogen) atoms. The van der Waals surface area contributed by atoms with E-state index < -0.39 is 0 Å². The predicted molar refractivity (Wildman–Crippen MR) is 78.7 cm³/mol. The number of benzene rings is 1. The predicted octanol–water partition coefficient (Wildman–Crippen LogP) is 1.97. The summed E-state index contributed by atoms with van der Waals surface area (Å²) in [4.78, 5) is 23.4. The van der Waals surface area contributed by atoms with Crippen molar-refractivity contribution in [1.29, 1.82) is 0 Å². The molecule has 1 rings (SSSR count). The van der Waals surface area contributed by atoms with Crippen LogP contribution in [0.2, 0.25) is 0 Å². The standard InChI is InChI=1S/C13H19N3O2S/c1-9-4-5-11(19-3)8-12(9)16-13(18)15-7-6-14-10(2)17/h4-5,8H,6-7H2,1-3H3,(H,14,17)(H2,15,16,18). The Morgan fingerprint density at radius 3 is 2.53 bits per heavy atom. The van der Waals surface area contributed by atoms with Crippen molar-refractivity contribution in [3.05, 3.63) is 23.8 Å². The first-order valence-electron chi connectivity index (χ1n) is 5.97. The van der Waals surface area contributed by atoms with E-state index in [1.165, 1.54) is 6.92 Å². The molecule has 0 spiro atoms. The average Bonchev–Trinajstić information content (AvgIpc) is 2.37.